The van der Waals surface area contributed by atoms with E-state index in [4.69, 9.17) is 0 Å². The Morgan fingerprint density at radius 3 is 2.75 bits per heavy atom. The number of carbonyl (C=O) groups excluding carboxylic acids is 2. The number of benzene rings is 1. The van der Waals surface area contributed by atoms with Crippen molar-refractivity contribution in [2.75, 3.05) is 23.9 Å². The fraction of sp³-hybridized carbons (Fsp3) is 0.429. The van der Waals surface area contributed by atoms with Crippen molar-refractivity contribution in [3.05, 3.63) is 28.2 Å². The Kier molecular flexibility index (Phi) is 7.09. The number of aryl methyl sites for hydroxylation is 1. The molecule has 1 rings (SSSR count). The van der Waals surface area contributed by atoms with Crippen molar-refractivity contribution in [3.63, 3.8) is 0 Å². The molecule has 0 aliphatic heterocycles. The Bertz CT molecular complexity index is 493. The van der Waals surface area contributed by atoms with Gasteiger partial charge in [-0.05, 0) is 40.5 Å². The van der Waals surface area contributed by atoms with Gasteiger partial charge in [-0.3, -0.25) is 9.59 Å². The maximum Gasteiger partial charge on any atom is 0.309 e. The highest BCUT2D eigenvalue weighted by molar-refractivity contribution is 9.10. The van der Waals surface area contributed by atoms with Crippen LogP contribution in [-0.4, -0.2) is 30.5 Å². The molecule has 0 bridgehead atoms. The maximum absolute atomic E-state index is 11.8. The Labute approximate surface area is 131 Å². The minimum atomic E-state index is -0.251. The summed E-state index contributed by atoms with van der Waals surface area (Å²) in [6.07, 6.45) is 0. The number of carbonyl (C=O) groups is 2. The molecule has 110 valence electrons. The molecule has 4 nitrogen and oxygen atoms in total. The highest BCUT2D eigenvalue weighted by atomic mass is 79.9. The third-order valence-corrected chi connectivity index (χ3v) is 4.46. The molecular weight excluding hydrogens is 342 g/mol. The van der Waals surface area contributed by atoms with E-state index in [-0.39, 0.29) is 17.8 Å². The molecular formula is C14H18BrNO3S. The summed E-state index contributed by atoms with van der Waals surface area (Å²) < 4.78 is 5.49. The van der Waals surface area contributed by atoms with Crippen LogP contribution < -0.4 is 5.32 Å². The Morgan fingerprint density at radius 1 is 1.45 bits per heavy atom. The Balaban J connectivity index is 2.39. The topological polar surface area (TPSA) is 55.4 Å². The van der Waals surface area contributed by atoms with Crippen LogP contribution >= 0.6 is 27.7 Å². The largest absolute Gasteiger partial charge is 0.469 e. The number of hydrogen-bond acceptors (Lipinski definition) is 4. The Hall–Kier alpha value is -1.01. The molecule has 1 N–H and O–H groups in total. The first-order valence-electron chi connectivity index (χ1n) is 6.15. The molecule has 0 saturated heterocycles. The van der Waals surface area contributed by atoms with Gasteiger partial charge < -0.3 is 10.1 Å². The van der Waals surface area contributed by atoms with Crippen LogP contribution in [0.2, 0.25) is 0 Å². The number of nitrogens with one attached hydrogen (secondary N) is 1. The van der Waals surface area contributed by atoms with E-state index in [1.165, 1.54) is 18.9 Å². The molecule has 0 aromatic heterocycles. The van der Waals surface area contributed by atoms with E-state index < -0.39 is 0 Å². The van der Waals surface area contributed by atoms with Gasteiger partial charge >= 0.3 is 5.97 Å². The first-order valence-corrected chi connectivity index (χ1v) is 8.10. The van der Waals surface area contributed by atoms with E-state index in [2.05, 4.69) is 26.0 Å². The van der Waals surface area contributed by atoms with Gasteiger partial charge in [-0.1, -0.05) is 13.0 Å². The lowest BCUT2D eigenvalue weighted by molar-refractivity contribution is -0.144. The maximum atomic E-state index is 11.8. The molecule has 0 radical (unpaired) electrons. The molecule has 0 spiro atoms. The van der Waals surface area contributed by atoms with Gasteiger partial charge in [-0.2, -0.15) is 11.8 Å². The van der Waals surface area contributed by atoms with E-state index in [9.17, 15) is 9.59 Å². The molecule has 1 amide bonds. The summed E-state index contributed by atoms with van der Waals surface area (Å²) in [6, 6.07) is 5.74. The number of methoxy groups -OCH3 is 1. The van der Waals surface area contributed by atoms with E-state index in [1.807, 2.05) is 25.1 Å². The zero-order valence-electron chi connectivity index (χ0n) is 11.7. The number of esters is 1. The lowest BCUT2D eigenvalue weighted by Crippen LogP contribution is -2.18. The van der Waals surface area contributed by atoms with Crippen molar-refractivity contribution in [3.8, 4) is 0 Å². The number of halogens is 1. The van der Waals surface area contributed by atoms with E-state index in [0.717, 1.165) is 15.7 Å². The van der Waals surface area contributed by atoms with Crippen LogP contribution in [0.5, 0.6) is 0 Å². The molecule has 0 heterocycles. The van der Waals surface area contributed by atoms with Crippen molar-refractivity contribution < 1.29 is 14.3 Å². The number of rotatable bonds is 6. The smallest absolute Gasteiger partial charge is 0.309 e. The second-order valence-corrected chi connectivity index (χ2v) is 6.36. The van der Waals surface area contributed by atoms with Gasteiger partial charge in [0.1, 0.15) is 0 Å². The molecule has 20 heavy (non-hydrogen) atoms. The molecule has 6 heteroatoms. The van der Waals surface area contributed by atoms with Gasteiger partial charge in [0.15, 0.2) is 0 Å². The standard InChI is InChI=1S/C14H18BrNO3S/c1-9-4-5-12(11(15)6-9)16-13(17)8-20-7-10(2)14(18)19-3/h4-6,10H,7-8H2,1-3H3,(H,16,17). The van der Waals surface area contributed by atoms with Gasteiger partial charge in [-0.15, -0.1) is 0 Å². The van der Waals surface area contributed by atoms with Crippen LogP contribution in [0.25, 0.3) is 0 Å². The van der Waals surface area contributed by atoms with E-state index in [1.54, 1.807) is 6.92 Å². The van der Waals surface area contributed by atoms with Crippen LogP contribution in [0.4, 0.5) is 5.69 Å². The molecule has 1 aromatic carbocycles. The molecule has 0 aliphatic carbocycles. The van der Waals surface area contributed by atoms with Crippen LogP contribution in [0.15, 0.2) is 22.7 Å². The van der Waals surface area contributed by atoms with Gasteiger partial charge in [0.25, 0.3) is 0 Å². The molecule has 1 atom stereocenters. The summed E-state index contributed by atoms with van der Waals surface area (Å²) in [5, 5.41) is 2.83. The predicted octanol–water partition coefficient (Wildman–Crippen LogP) is 3.24. The zero-order chi connectivity index (χ0) is 15.1. The molecule has 0 fully saturated rings. The lowest BCUT2D eigenvalue weighted by Gasteiger charge is -2.10. The van der Waals surface area contributed by atoms with E-state index >= 15 is 0 Å². The van der Waals surface area contributed by atoms with Gasteiger partial charge in [0, 0.05) is 10.2 Å². The summed E-state index contributed by atoms with van der Waals surface area (Å²) in [4.78, 5) is 23.0. The summed E-state index contributed by atoms with van der Waals surface area (Å²) >= 11 is 4.83. The SMILES string of the molecule is COC(=O)C(C)CSCC(=O)Nc1ccc(C)cc1Br. The van der Waals surface area contributed by atoms with Crippen molar-refractivity contribution >= 4 is 45.3 Å². The van der Waals surface area contributed by atoms with Crippen molar-refractivity contribution in [1.29, 1.82) is 0 Å². The zero-order valence-corrected chi connectivity index (χ0v) is 14.1. The third kappa shape index (κ3) is 5.54. The number of anilines is 1. The monoisotopic (exact) mass is 359 g/mol. The highest BCUT2D eigenvalue weighted by Crippen LogP contribution is 2.23. The lowest BCUT2D eigenvalue weighted by atomic mass is 10.2. The minimum absolute atomic E-state index is 0.0865. The average Bonchev–Trinajstić information content (AvgIpc) is 2.41. The minimum Gasteiger partial charge on any atom is -0.469 e. The molecule has 1 aromatic rings. The van der Waals surface area contributed by atoms with Crippen LogP contribution in [-0.2, 0) is 14.3 Å². The van der Waals surface area contributed by atoms with Crippen LogP contribution in [0.3, 0.4) is 0 Å². The van der Waals surface area contributed by atoms with Crippen LogP contribution in [0, 0.1) is 12.8 Å². The van der Waals surface area contributed by atoms with E-state index in [0.29, 0.717) is 11.5 Å². The van der Waals surface area contributed by atoms with Gasteiger partial charge in [0.05, 0.1) is 24.5 Å². The average molecular weight is 360 g/mol. The molecule has 1 unspecified atom stereocenters. The summed E-state index contributed by atoms with van der Waals surface area (Å²) in [5.41, 5.74) is 1.87. The fourth-order valence-corrected chi connectivity index (χ4v) is 2.96. The normalized spacial score (nSPS) is 11.8. The summed E-state index contributed by atoms with van der Waals surface area (Å²) in [6.45, 7) is 3.77. The first-order chi connectivity index (χ1) is 9.43. The number of hydrogen-bond donors (Lipinski definition) is 1. The fourth-order valence-electron chi connectivity index (χ4n) is 1.51. The summed E-state index contributed by atoms with van der Waals surface area (Å²) in [7, 11) is 1.37. The molecule has 0 aliphatic rings. The predicted molar refractivity (Wildman–Crippen MR) is 86.0 cm³/mol. The van der Waals surface area contributed by atoms with Gasteiger partial charge in [-0.25, -0.2) is 0 Å². The second-order valence-electron chi connectivity index (χ2n) is 4.47. The first kappa shape index (κ1) is 17.0. The number of ether oxygens (including phenoxy) is 1. The van der Waals surface area contributed by atoms with Crippen LogP contribution in [0.1, 0.15) is 12.5 Å². The third-order valence-electron chi connectivity index (χ3n) is 2.60. The quantitative estimate of drug-likeness (QED) is 0.792. The molecule has 0 saturated carbocycles. The van der Waals surface area contributed by atoms with Crippen molar-refractivity contribution in [2.45, 2.75) is 13.8 Å². The Morgan fingerprint density at radius 2 is 2.15 bits per heavy atom. The highest BCUT2D eigenvalue weighted by Gasteiger charge is 2.14. The van der Waals surface area contributed by atoms with Gasteiger partial charge in [0.2, 0.25) is 5.91 Å². The summed E-state index contributed by atoms with van der Waals surface area (Å²) in [5.74, 6) is 0.330. The van der Waals surface area contributed by atoms with Crippen molar-refractivity contribution in [1.82, 2.24) is 0 Å². The second kappa shape index (κ2) is 8.32. The number of thioether (sulfide) groups is 1. The van der Waals surface area contributed by atoms with Crippen molar-refractivity contribution in [2.24, 2.45) is 5.92 Å². The number of amides is 1.